The quantitative estimate of drug-likeness (QED) is 0.383. The number of hydrogen-bond donors (Lipinski definition) is 2. The number of benzene rings is 3. The van der Waals surface area contributed by atoms with Crippen LogP contribution < -0.4 is 15.4 Å². The van der Waals surface area contributed by atoms with E-state index in [-0.39, 0.29) is 17.2 Å². The topological polar surface area (TPSA) is 67.4 Å². The van der Waals surface area contributed by atoms with Crippen LogP contribution in [0.2, 0.25) is 0 Å². The van der Waals surface area contributed by atoms with Gasteiger partial charge in [-0.25, -0.2) is 0 Å². The highest BCUT2D eigenvalue weighted by Gasteiger charge is 2.28. The van der Waals surface area contributed by atoms with Gasteiger partial charge in [-0.1, -0.05) is 18.2 Å². The van der Waals surface area contributed by atoms with E-state index in [0.717, 1.165) is 34.6 Å². The van der Waals surface area contributed by atoms with E-state index in [1.807, 2.05) is 44.2 Å². The maximum absolute atomic E-state index is 13.1. The van der Waals surface area contributed by atoms with Gasteiger partial charge in [-0.2, -0.15) is 0 Å². The van der Waals surface area contributed by atoms with Gasteiger partial charge >= 0.3 is 0 Å². The molecule has 0 radical (unpaired) electrons. The van der Waals surface area contributed by atoms with Gasteiger partial charge in [0, 0.05) is 39.7 Å². The minimum absolute atomic E-state index is 0.110. The van der Waals surface area contributed by atoms with Gasteiger partial charge in [0.15, 0.2) is 5.78 Å². The number of carbonyl (C=O) groups excluding carboxylic acids is 2. The first-order valence-corrected chi connectivity index (χ1v) is 11.4. The molecule has 0 atom stereocenters. The first-order valence-electron chi connectivity index (χ1n) is 11.4. The average Bonchev–Trinajstić information content (AvgIpc) is 2.80. The Morgan fingerprint density at radius 2 is 1.76 bits per heavy atom. The zero-order chi connectivity index (χ0) is 24.5. The molecule has 0 saturated heterocycles. The Hall–Kier alpha value is -3.86. The molecular weight excluding hydrogens is 424 g/mol. The predicted octanol–water partition coefficient (Wildman–Crippen LogP) is 5.71. The second kappa shape index (κ2) is 9.18. The summed E-state index contributed by atoms with van der Waals surface area (Å²) >= 11 is 0. The summed E-state index contributed by atoms with van der Waals surface area (Å²) in [4.78, 5) is 25.8. The molecule has 0 unspecified atom stereocenters. The fourth-order valence-corrected chi connectivity index (χ4v) is 4.28. The molecule has 5 heteroatoms. The fourth-order valence-electron chi connectivity index (χ4n) is 4.28. The standard InChI is InChI=1S/C29H30N2O3/c1-18-7-6-8-24(19(18)2)28(33)30-22-12-9-20(10-13-22)27(32)16-26-25-15-23(34-5)14-11-21(25)17-29(3,4)31-26/h6-16,31H,17H2,1-5H3,(H,30,33). The largest absolute Gasteiger partial charge is 0.497 e. The lowest BCUT2D eigenvalue weighted by atomic mass is 9.85. The van der Waals surface area contributed by atoms with Gasteiger partial charge in [-0.05, 0) is 93.3 Å². The van der Waals surface area contributed by atoms with Crippen LogP contribution >= 0.6 is 0 Å². The van der Waals surface area contributed by atoms with Gasteiger partial charge in [0.1, 0.15) is 5.75 Å². The number of ketones is 1. The van der Waals surface area contributed by atoms with Gasteiger partial charge in [0.2, 0.25) is 0 Å². The van der Waals surface area contributed by atoms with Crippen LogP contribution in [0.1, 0.15) is 56.8 Å². The van der Waals surface area contributed by atoms with Crippen molar-refractivity contribution in [3.8, 4) is 5.75 Å². The molecule has 1 amide bonds. The Kier molecular flexibility index (Phi) is 6.29. The van der Waals surface area contributed by atoms with Gasteiger partial charge in [0.25, 0.3) is 5.91 Å². The molecule has 1 aliphatic heterocycles. The van der Waals surface area contributed by atoms with E-state index in [1.165, 1.54) is 5.56 Å². The second-order valence-corrected chi connectivity index (χ2v) is 9.41. The normalized spacial score (nSPS) is 15.3. The van der Waals surface area contributed by atoms with Crippen molar-refractivity contribution in [1.82, 2.24) is 5.32 Å². The molecule has 3 aromatic rings. The monoisotopic (exact) mass is 454 g/mol. The summed E-state index contributed by atoms with van der Waals surface area (Å²) in [5.74, 6) is 0.477. The summed E-state index contributed by atoms with van der Waals surface area (Å²) in [6, 6.07) is 18.6. The Balaban J connectivity index is 1.55. The first-order chi connectivity index (χ1) is 16.2. The van der Waals surface area contributed by atoms with Crippen molar-refractivity contribution in [3.63, 3.8) is 0 Å². The van der Waals surface area contributed by atoms with Gasteiger partial charge in [-0.3, -0.25) is 9.59 Å². The molecule has 174 valence electrons. The van der Waals surface area contributed by atoms with E-state index < -0.39 is 0 Å². The summed E-state index contributed by atoms with van der Waals surface area (Å²) in [5.41, 5.74) is 6.62. The second-order valence-electron chi connectivity index (χ2n) is 9.41. The molecule has 34 heavy (non-hydrogen) atoms. The van der Waals surface area contributed by atoms with Crippen molar-refractivity contribution in [2.24, 2.45) is 0 Å². The zero-order valence-corrected chi connectivity index (χ0v) is 20.3. The SMILES string of the molecule is COc1ccc2c(c1)C(=CC(=O)c1ccc(NC(=O)c3cccc(C)c3C)cc1)NC(C)(C)C2. The summed E-state index contributed by atoms with van der Waals surface area (Å²) < 4.78 is 5.39. The Labute approximate surface area is 200 Å². The maximum Gasteiger partial charge on any atom is 0.255 e. The predicted molar refractivity (Wildman–Crippen MR) is 137 cm³/mol. The van der Waals surface area contributed by atoms with Crippen molar-refractivity contribution < 1.29 is 14.3 Å². The molecule has 0 bridgehead atoms. The molecule has 0 aliphatic carbocycles. The lowest BCUT2D eigenvalue weighted by molar-refractivity contribution is 0.102. The lowest BCUT2D eigenvalue weighted by Gasteiger charge is -2.35. The van der Waals surface area contributed by atoms with Crippen molar-refractivity contribution >= 4 is 23.1 Å². The van der Waals surface area contributed by atoms with Crippen molar-refractivity contribution in [2.45, 2.75) is 39.7 Å². The molecule has 0 fully saturated rings. The van der Waals surface area contributed by atoms with Crippen LogP contribution in [0, 0.1) is 13.8 Å². The van der Waals surface area contributed by atoms with Gasteiger partial charge in [-0.15, -0.1) is 0 Å². The minimum atomic E-state index is -0.171. The number of rotatable bonds is 5. The van der Waals surface area contributed by atoms with Crippen LogP contribution in [0.5, 0.6) is 5.75 Å². The summed E-state index contributed by atoms with van der Waals surface area (Å²) in [6.07, 6.45) is 2.50. The number of fused-ring (bicyclic) bond motifs is 1. The molecule has 3 aromatic carbocycles. The van der Waals surface area contributed by atoms with E-state index in [9.17, 15) is 9.59 Å². The molecule has 1 aliphatic rings. The molecular formula is C29H30N2O3. The molecule has 0 saturated carbocycles. The number of carbonyl (C=O) groups is 2. The highest BCUT2D eigenvalue weighted by Crippen LogP contribution is 2.32. The van der Waals surface area contributed by atoms with Crippen LogP contribution in [0.3, 0.4) is 0 Å². The molecule has 0 spiro atoms. The molecule has 5 nitrogen and oxygen atoms in total. The molecule has 2 N–H and O–H groups in total. The van der Waals surface area contributed by atoms with E-state index in [2.05, 4.69) is 30.5 Å². The van der Waals surface area contributed by atoms with Crippen molar-refractivity contribution in [1.29, 1.82) is 0 Å². The van der Waals surface area contributed by atoms with E-state index in [4.69, 9.17) is 4.74 Å². The number of methoxy groups -OCH3 is 1. The highest BCUT2D eigenvalue weighted by molar-refractivity contribution is 6.09. The molecule has 1 heterocycles. The summed E-state index contributed by atoms with van der Waals surface area (Å²) in [7, 11) is 1.64. The third-order valence-corrected chi connectivity index (χ3v) is 6.26. The Morgan fingerprint density at radius 1 is 1.03 bits per heavy atom. The summed E-state index contributed by atoms with van der Waals surface area (Å²) in [6.45, 7) is 8.16. The highest BCUT2D eigenvalue weighted by atomic mass is 16.5. The number of ether oxygens (including phenoxy) is 1. The van der Waals surface area contributed by atoms with Gasteiger partial charge < -0.3 is 15.4 Å². The number of aryl methyl sites for hydroxylation is 1. The van der Waals surface area contributed by atoms with Crippen molar-refractivity contribution in [3.05, 3.63) is 100 Å². The van der Waals surface area contributed by atoms with Gasteiger partial charge in [0.05, 0.1) is 7.11 Å². The number of amides is 1. The van der Waals surface area contributed by atoms with Crippen LogP contribution in [-0.4, -0.2) is 24.3 Å². The number of hydrogen-bond acceptors (Lipinski definition) is 4. The van der Waals surface area contributed by atoms with E-state index in [0.29, 0.717) is 16.8 Å². The third-order valence-electron chi connectivity index (χ3n) is 6.26. The molecule has 4 rings (SSSR count). The number of anilines is 1. The Morgan fingerprint density at radius 3 is 2.47 bits per heavy atom. The summed E-state index contributed by atoms with van der Waals surface area (Å²) in [5, 5.41) is 6.41. The van der Waals surface area contributed by atoms with Crippen molar-refractivity contribution in [2.75, 3.05) is 12.4 Å². The number of nitrogens with one attached hydrogen (secondary N) is 2. The first kappa shape index (κ1) is 23.3. The molecule has 0 aromatic heterocycles. The minimum Gasteiger partial charge on any atom is -0.497 e. The van der Waals surface area contributed by atoms with Crippen LogP contribution in [0.15, 0.2) is 66.7 Å². The zero-order valence-electron chi connectivity index (χ0n) is 20.3. The van der Waals surface area contributed by atoms with Crippen LogP contribution in [-0.2, 0) is 6.42 Å². The fraction of sp³-hybridized carbons (Fsp3) is 0.241. The lowest BCUT2D eigenvalue weighted by Crippen LogP contribution is -2.43. The Bertz CT molecular complexity index is 1290. The smallest absolute Gasteiger partial charge is 0.255 e. The van der Waals surface area contributed by atoms with Crippen LogP contribution in [0.25, 0.3) is 5.70 Å². The maximum atomic E-state index is 13.1. The number of allylic oxidation sites excluding steroid dienone is 1. The van der Waals surface area contributed by atoms with E-state index in [1.54, 1.807) is 37.5 Å². The third kappa shape index (κ3) is 4.88. The van der Waals surface area contributed by atoms with Crippen LogP contribution in [0.4, 0.5) is 5.69 Å². The average molecular weight is 455 g/mol. The van der Waals surface area contributed by atoms with E-state index >= 15 is 0 Å².